The van der Waals surface area contributed by atoms with Gasteiger partial charge in [0.1, 0.15) is 5.75 Å². The van der Waals surface area contributed by atoms with Gasteiger partial charge < -0.3 is 9.84 Å². The number of hydrogen-bond acceptors (Lipinski definition) is 3. The van der Waals surface area contributed by atoms with E-state index in [-0.39, 0.29) is 6.61 Å². The summed E-state index contributed by atoms with van der Waals surface area (Å²) in [6.45, 7) is 1.61. The molecule has 0 heterocycles. The number of ether oxygens (including phenoxy) is 1. The molecule has 0 aliphatic carbocycles. The summed E-state index contributed by atoms with van der Waals surface area (Å²) in [7, 11) is 0. The summed E-state index contributed by atoms with van der Waals surface area (Å²) < 4.78 is 5.26. The van der Waals surface area contributed by atoms with Crippen LogP contribution in [0.25, 0.3) is 11.1 Å². The van der Waals surface area contributed by atoms with Gasteiger partial charge in [0.2, 0.25) is 0 Å². The van der Waals surface area contributed by atoms with Crippen molar-refractivity contribution in [3.63, 3.8) is 0 Å². The molecule has 3 aromatic rings. The smallest absolute Gasteiger partial charge is 0.341 e. The molecule has 0 spiro atoms. The fourth-order valence-electron chi connectivity index (χ4n) is 2.60. The van der Waals surface area contributed by atoms with Crippen molar-refractivity contribution in [3.05, 3.63) is 83.9 Å². The minimum absolute atomic E-state index is 0.318. The largest absolute Gasteiger partial charge is 0.482 e. The molecule has 0 bridgehead atoms. The zero-order valence-electron chi connectivity index (χ0n) is 14.5. The summed E-state index contributed by atoms with van der Waals surface area (Å²) in [4.78, 5) is 11.7. The Kier molecular flexibility index (Phi) is 5.97. The molecule has 3 nitrogen and oxygen atoms in total. The van der Waals surface area contributed by atoms with Crippen LogP contribution in [-0.4, -0.2) is 17.7 Å². The molecule has 0 aliphatic heterocycles. The van der Waals surface area contributed by atoms with Crippen molar-refractivity contribution in [1.29, 1.82) is 0 Å². The highest BCUT2D eigenvalue weighted by Gasteiger charge is 2.05. The lowest BCUT2D eigenvalue weighted by atomic mass is 10.0. The van der Waals surface area contributed by atoms with Gasteiger partial charge in [0, 0.05) is 10.6 Å². The van der Waals surface area contributed by atoms with E-state index in [9.17, 15) is 4.79 Å². The Morgan fingerprint density at radius 1 is 0.962 bits per heavy atom. The van der Waals surface area contributed by atoms with E-state index < -0.39 is 5.97 Å². The lowest BCUT2D eigenvalue weighted by Gasteiger charge is -2.09. The van der Waals surface area contributed by atoms with Crippen LogP contribution in [0, 0.1) is 6.92 Å². The second kappa shape index (κ2) is 8.59. The first-order valence-electron chi connectivity index (χ1n) is 8.34. The van der Waals surface area contributed by atoms with Crippen LogP contribution in [0.4, 0.5) is 0 Å². The first-order chi connectivity index (χ1) is 12.6. The van der Waals surface area contributed by atoms with E-state index in [0.29, 0.717) is 5.75 Å². The number of thioether (sulfide) groups is 1. The van der Waals surface area contributed by atoms with Gasteiger partial charge in [-0.3, -0.25) is 0 Å². The van der Waals surface area contributed by atoms with Crippen LogP contribution in [-0.2, 0) is 10.5 Å². The standard InChI is InChI=1S/C22H20O3S/c1-16-13-20(11-12-21(16)25-14-22(23)24)26-15-17-7-9-19(10-8-17)18-5-3-2-4-6-18/h2-13H,14-15H2,1H3,(H,23,24). The van der Waals surface area contributed by atoms with Crippen LogP contribution in [0.2, 0.25) is 0 Å². The van der Waals surface area contributed by atoms with Gasteiger partial charge in [-0.15, -0.1) is 11.8 Å². The Labute approximate surface area is 157 Å². The Balaban J connectivity index is 1.60. The molecule has 132 valence electrons. The molecule has 1 N–H and O–H groups in total. The second-order valence-corrected chi connectivity index (χ2v) is 7.01. The summed E-state index contributed by atoms with van der Waals surface area (Å²) >= 11 is 1.75. The molecule has 3 aromatic carbocycles. The van der Waals surface area contributed by atoms with Crippen molar-refractivity contribution in [2.75, 3.05) is 6.61 Å². The van der Waals surface area contributed by atoms with Crippen molar-refractivity contribution >= 4 is 17.7 Å². The summed E-state index contributed by atoms with van der Waals surface area (Å²) in [5.41, 5.74) is 4.64. The number of rotatable bonds is 7. The number of carboxylic acids is 1. The summed E-state index contributed by atoms with van der Waals surface area (Å²) in [6.07, 6.45) is 0. The van der Waals surface area contributed by atoms with Gasteiger partial charge >= 0.3 is 5.97 Å². The third-order valence-corrected chi connectivity index (χ3v) is 5.03. The molecule has 26 heavy (non-hydrogen) atoms. The van der Waals surface area contributed by atoms with E-state index in [1.165, 1.54) is 16.7 Å². The van der Waals surface area contributed by atoms with E-state index in [1.54, 1.807) is 11.8 Å². The fraction of sp³-hybridized carbons (Fsp3) is 0.136. The van der Waals surface area contributed by atoms with E-state index in [2.05, 4.69) is 36.4 Å². The highest BCUT2D eigenvalue weighted by atomic mass is 32.2. The zero-order chi connectivity index (χ0) is 18.4. The minimum atomic E-state index is -0.971. The topological polar surface area (TPSA) is 46.5 Å². The number of benzene rings is 3. The lowest BCUT2D eigenvalue weighted by molar-refractivity contribution is -0.139. The third-order valence-electron chi connectivity index (χ3n) is 3.96. The minimum Gasteiger partial charge on any atom is -0.482 e. The Morgan fingerprint density at radius 3 is 2.31 bits per heavy atom. The number of aliphatic carboxylic acids is 1. The molecule has 0 saturated carbocycles. The Bertz CT molecular complexity index is 874. The molecular weight excluding hydrogens is 344 g/mol. The number of aryl methyl sites for hydroxylation is 1. The predicted octanol–water partition coefficient (Wildman–Crippen LogP) is 5.42. The fourth-order valence-corrected chi connectivity index (χ4v) is 3.55. The van der Waals surface area contributed by atoms with Crippen molar-refractivity contribution < 1.29 is 14.6 Å². The monoisotopic (exact) mass is 364 g/mol. The average Bonchev–Trinajstić information content (AvgIpc) is 2.66. The van der Waals surface area contributed by atoms with Crippen molar-refractivity contribution in [3.8, 4) is 16.9 Å². The first-order valence-corrected chi connectivity index (χ1v) is 9.33. The molecule has 3 rings (SSSR count). The third kappa shape index (κ3) is 4.90. The number of carboxylic acid groups (broad SMARTS) is 1. The van der Waals surface area contributed by atoms with Crippen molar-refractivity contribution in [2.45, 2.75) is 17.6 Å². The van der Waals surface area contributed by atoms with Crippen LogP contribution in [0.3, 0.4) is 0 Å². The van der Waals surface area contributed by atoms with Gasteiger partial charge in [-0.25, -0.2) is 4.79 Å². The zero-order valence-corrected chi connectivity index (χ0v) is 15.3. The Morgan fingerprint density at radius 2 is 1.65 bits per heavy atom. The molecule has 4 heteroatoms. The number of carbonyl (C=O) groups is 1. The molecule has 0 radical (unpaired) electrons. The first kappa shape index (κ1) is 18.1. The molecule has 0 atom stereocenters. The molecule has 0 fully saturated rings. The van der Waals surface area contributed by atoms with Crippen molar-refractivity contribution in [2.24, 2.45) is 0 Å². The van der Waals surface area contributed by atoms with Crippen LogP contribution in [0.15, 0.2) is 77.7 Å². The highest BCUT2D eigenvalue weighted by molar-refractivity contribution is 7.98. The highest BCUT2D eigenvalue weighted by Crippen LogP contribution is 2.29. The van der Waals surface area contributed by atoms with Crippen LogP contribution < -0.4 is 4.74 Å². The average molecular weight is 364 g/mol. The molecule has 0 unspecified atom stereocenters. The van der Waals surface area contributed by atoms with E-state index in [4.69, 9.17) is 9.84 Å². The van der Waals surface area contributed by atoms with Crippen molar-refractivity contribution in [1.82, 2.24) is 0 Å². The molecule has 0 aliphatic rings. The van der Waals surface area contributed by atoms with Gasteiger partial charge in [-0.2, -0.15) is 0 Å². The maximum Gasteiger partial charge on any atom is 0.341 e. The van der Waals surface area contributed by atoms with E-state index in [1.807, 2.05) is 43.3 Å². The van der Waals surface area contributed by atoms with Gasteiger partial charge in [0.05, 0.1) is 0 Å². The quantitative estimate of drug-likeness (QED) is 0.569. The Hall–Kier alpha value is -2.72. The summed E-state index contributed by atoms with van der Waals surface area (Å²) in [5.74, 6) is 0.523. The van der Waals surface area contributed by atoms with Crippen LogP contribution in [0.1, 0.15) is 11.1 Å². The van der Waals surface area contributed by atoms with Gasteiger partial charge in [0.15, 0.2) is 6.61 Å². The lowest BCUT2D eigenvalue weighted by Crippen LogP contribution is -2.09. The normalized spacial score (nSPS) is 10.5. The molecule has 0 amide bonds. The molecular formula is C22H20O3S. The SMILES string of the molecule is Cc1cc(SCc2ccc(-c3ccccc3)cc2)ccc1OCC(=O)O. The molecule has 0 aromatic heterocycles. The second-order valence-electron chi connectivity index (χ2n) is 5.96. The summed E-state index contributed by atoms with van der Waals surface area (Å²) in [5, 5.41) is 8.69. The molecule has 0 saturated heterocycles. The van der Waals surface area contributed by atoms with Gasteiger partial charge in [-0.1, -0.05) is 54.6 Å². The maximum atomic E-state index is 10.6. The van der Waals surface area contributed by atoms with Gasteiger partial charge in [0.25, 0.3) is 0 Å². The van der Waals surface area contributed by atoms with Gasteiger partial charge in [-0.05, 0) is 47.4 Å². The van der Waals surface area contributed by atoms with E-state index >= 15 is 0 Å². The predicted molar refractivity (Wildman–Crippen MR) is 106 cm³/mol. The van der Waals surface area contributed by atoms with E-state index in [0.717, 1.165) is 16.2 Å². The van der Waals surface area contributed by atoms with Crippen LogP contribution in [0.5, 0.6) is 5.75 Å². The number of hydrogen-bond donors (Lipinski definition) is 1. The van der Waals surface area contributed by atoms with Crippen LogP contribution >= 0.6 is 11.8 Å². The summed E-state index contributed by atoms with van der Waals surface area (Å²) in [6, 6.07) is 24.8. The maximum absolute atomic E-state index is 10.6.